The monoisotopic (exact) mass is 264 g/mol. The molecule has 2 rings (SSSR count). The maximum atomic E-state index is 9.47. The highest BCUT2D eigenvalue weighted by Crippen LogP contribution is 2.26. The third-order valence-electron chi connectivity index (χ3n) is 2.45. The molecule has 94 valence electrons. The molecule has 1 aromatic carbocycles. The van der Waals surface area contributed by atoms with Crippen molar-refractivity contribution in [1.29, 1.82) is 0 Å². The number of hydrogen-bond donors (Lipinski definition) is 2. The fraction of sp³-hybridized carbons (Fsp3) is 0.154. The number of H-pyrrole nitrogens is 1. The number of benzene rings is 1. The fourth-order valence-corrected chi connectivity index (χ4v) is 1.65. The maximum absolute atomic E-state index is 9.47. The molecule has 1 aromatic heterocycles. The predicted octanol–water partition coefficient (Wildman–Crippen LogP) is 3.03. The van der Waals surface area contributed by atoms with Gasteiger partial charge in [-0.2, -0.15) is 5.10 Å². The Bertz CT molecular complexity index is 564. The Kier molecular flexibility index (Phi) is 3.89. The SMILES string of the molecule is COc1cc(/C=C/c2cc(CCl)[nH]n2)ccc1O. The van der Waals surface area contributed by atoms with Gasteiger partial charge in [-0.25, -0.2) is 0 Å². The molecular formula is C13H13ClN2O2. The van der Waals surface area contributed by atoms with Crippen LogP contribution in [0.2, 0.25) is 0 Å². The average molecular weight is 265 g/mol. The Morgan fingerprint density at radius 2 is 2.22 bits per heavy atom. The second-order valence-electron chi connectivity index (χ2n) is 3.72. The number of hydrogen-bond acceptors (Lipinski definition) is 3. The number of aromatic hydroxyl groups is 1. The van der Waals surface area contributed by atoms with Crippen molar-refractivity contribution in [2.24, 2.45) is 0 Å². The van der Waals surface area contributed by atoms with Crippen molar-refractivity contribution in [3.8, 4) is 11.5 Å². The Morgan fingerprint density at radius 3 is 2.89 bits per heavy atom. The van der Waals surface area contributed by atoms with Crippen LogP contribution in [0.3, 0.4) is 0 Å². The number of phenolic OH excluding ortho intramolecular Hbond substituents is 1. The lowest BCUT2D eigenvalue weighted by atomic mass is 10.2. The normalized spacial score (nSPS) is 11.0. The predicted molar refractivity (Wildman–Crippen MR) is 71.7 cm³/mol. The number of alkyl halides is 1. The number of ether oxygens (including phenoxy) is 1. The number of nitrogens with zero attached hydrogens (tertiary/aromatic N) is 1. The number of rotatable bonds is 4. The van der Waals surface area contributed by atoms with E-state index >= 15 is 0 Å². The van der Waals surface area contributed by atoms with Gasteiger partial charge in [0.05, 0.1) is 24.4 Å². The number of aromatic amines is 1. The Balaban J connectivity index is 2.17. The van der Waals surface area contributed by atoms with Crippen LogP contribution in [0, 0.1) is 0 Å². The van der Waals surface area contributed by atoms with Gasteiger partial charge in [-0.1, -0.05) is 12.1 Å². The van der Waals surface area contributed by atoms with Crippen LogP contribution in [-0.2, 0) is 5.88 Å². The molecule has 0 unspecified atom stereocenters. The summed E-state index contributed by atoms with van der Waals surface area (Å²) in [6, 6.07) is 7.01. The van der Waals surface area contributed by atoms with Gasteiger partial charge >= 0.3 is 0 Å². The highest BCUT2D eigenvalue weighted by Gasteiger charge is 2.01. The van der Waals surface area contributed by atoms with Crippen LogP contribution in [0.4, 0.5) is 0 Å². The van der Waals surface area contributed by atoms with Crippen LogP contribution >= 0.6 is 11.6 Å². The molecule has 0 saturated carbocycles. The van der Waals surface area contributed by atoms with Gasteiger partial charge in [0.15, 0.2) is 11.5 Å². The Labute approximate surface area is 110 Å². The molecule has 0 aliphatic carbocycles. The molecule has 1 heterocycles. The van der Waals surface area contributed by atoms with Gasteiger partial charge in [0.2, 0.25) is 0 Å². The highest BCUT2D eigenvalue weighted by atomic mass is 35.5. The Hall–Kier alpha value is -1.94. The van der Waals surface area contributed by atoms with Gasteiger partial charge in [0.25, 0.3) is 0 Å². The van der Waals surface area contributed by atoms with E-state index in [4.69, 9.17) is 16.3 Å². The van der Waals surface area contributed by atoms with E-state index in [-0.39, 0.29) is 5.75 Å². The average Bonchev–Trinajstić information content (AvgIpc) is 2.86. The molecule has 2 N–H and O–H groups in total. The molecule has 4 nitrogen and oxygen atoms in total. The molecule has 0 amide bonds. The molecule has 0 spiro atoms. The van der Waals surface area contributed by atoms with E-state index in [1.54, 1.807) is 18.2 Å². The van der Waals surface area contributed by atoms with Gasteiger partial charge in [0, 0.05) is 0 Å². The number of phenols is 1. The van der Waals surface area contributed by atoms with E-state index in [2.05, 4.69) is 10.2 Å². The van der Waals surface area contributed by atoms with E-state index in [9.17, 15) is 5.11 Å². The van der Waals surface area contributed by atoms with E-state index in [0.717, 1.165) is 17.0 Å². The first-order valence-corrected chi connectivity index (χ1v) is 5.91. The fourth-order valence-electron chi connectivity index (χ4n) is 1.51. The van der Waals surface area contributed by atoms with Crippen molar-refractivity contribution in [1.82, 2.24) is 10.2 Å². The zero-order chi connectivity index (χ0) is 13.0. The third kappa shape index (κ3) is 2.84. The molecule has 2 aromatic rings. The molecule has 0 radical (unpaired) electrons. The smallest absolute Gasteiger partial charge is 0.161 e. The minimum Gasteiger partial charge on any atom is -0.504 e. The molecule has 0 aliphatic rings. The van der Waals surface area contributed by atoms with Crippen molar-refractivity contribution in [2.75, 3.05) is 7.11 Å². The van der Waals surface area contributed by atoms with Crippen LogP contribution in [-0.4, -0.2) is 22.4 Å². The summed E-state index contributed by atoms with van der Waals surface area (Å²) < 4.78 is 5.04. The van der Waals surface area contributed by atoms with E-state index in [0.29, 0.717) is 11.6 Å². The first kappa shape index (κ1) is 12.5. The summed E-state index contributed by atoms with van der Waals surface area (Å²) in [6.45, 7) is 0. The lowest BCUT2D eigenvalue weighted by molar-refractivity contribution is 0.373. The van der Waals surface area contributed by atoms with Crippen LogP contribution in [0.1, 0.15) is 17.0 Å². The van der Waals surface area contributed by atoms with Gasteiger partial charge < -0.3 is 9.84 Å². The van der Waals surface area contributed by atoms with Crippen molar-refractivity contribution >= 4 is 23.8 Å². The molecule has 5 heteroatoms. The number of methoxy groups -OCH3 is 1. The van der Waals surface area contributed by atoms with Crippen LogP contribution < -0.4 is 4.74 Å². The lowest BCUT2D eigenvalue weighted by Crippen LogP contribution is -1.84. The second-order valence-corrected chi connectivity index (χ2v) is 3.98. The largest absolute Gasteiger partial charge is 0.504 e. The molecule has 18 heavy (non-hydrogen) atoms. The maximum Gasteiger partial charge on any atom is 0.161 e. The summed E-state index contributed by atoms with van der Waals surface area (Å²) in [5.41, 5.74) is 2.59. The summed E-state index contributed by atoms with van der Waals surface area (Å²) in [5.74, 6) is 0.980. The molecule has 0 saturated heterocycles. The number of nitrogens with one attached hydrogen (secondary N) is 1. The third-order valence-corrected chi connectivity index (χ3v) is 2.73. The Morgan fingerprint density at radius 1 is 1.39 bits per heavy atom. The lowest BCUT2D eigenvalue weighted by Gasteiger charge is -2.03. The summed E-state index contributed by atoms with van der Waals surface area (Å²) >= 11 is 5.67. The molecular weight excluding hydrogens is 252 g/mol. The molecule has 0 fully saturated rings. The van der Waals surface area contributed by atoms with E-state index in [1.165, 1.54) is 7.11 Å². The summed E-state index contributed by atoms with van der Waals surface area (Å²) in [4.78, 5) is 0. The quantitative estimate of drug-likeness (QED) is 0.835. The van der Waals surface area contributed by atoms with Gasteiger partial charge in [-0.05, 0) is 29.8 Å². The van der Waals surface area contributed by atoms with Crippen molar-refractivity contribution in [3.05, 3.63) is 41.2 Å². The van der Waals surface area contributed by atoms with Crippen LogP contribution in [0.5, 0.6) is 11.5 Å². The van der Waals surface area contributed by atoms with E-state index < -0.39 is 0 Å². The highest BCUT2D eigenvalue weighted by molar-refractivity contribution is 6.16. The number of aromatic nitrogens is 2. The summed E-state index contributed by atoms with van der Waals surface area (Å²) in [7, 11) is 1.52. The first-order valence-electron chi connectivity index (χ1n) is 5.38. The zero-order valence-electron chi connectivity index (χ0n) is 9.85. The topological polar surface area (TPSA) is 58.1 Å². The zero-order valence-corrected chi connectivity index (χ0v) is 10.6. The standard InChI is InChI=1S/C13H13ClN2O2/c1-18-13-6-9(3-5-12(13)17)2-4-10-7-11(8-14)16-15-10/h2-7,17H,8H2,1H3,(H,15,16)/b4-2+. The summed E-state index contributed by atoms with van der Waals surface area (Å²) in [5, 5.41) is 16.4. The van der Waals surface area contributed by atoms with Crippen LogP contribution in [0.25, 0.3) is 12.2 Å². The minimum absolute atomic E-state index is 0.124. The van der Waals surface area contributed by atoms with Crippen molar-refractivity contribution in [3.63, 3.8) is 0 Å². The van der Waals surface area contributed by atoms with Crippen molar-refractivity contribution in [2.45, 2.75) is 5.88 Å². The van der Waals surface area contributed by atoms with Gasteiger partial charge in [-0.3, -0.25) is 5.10 Å². The number of halogens is 1. The second kappa shape index (κ2) is 5.60. The van der Waals surface area contributed by atoms with E-state index in [1.807, 2.05) is 18.2 Å². The summed E-state index contributed by atoms with van der Waals surface area (Å²) in [6.07, 6.45) is 3.74. The molecule has 0 atom stereocenters. The van der Waals surface area contributed by atoms with Gasteiger partial charge in [0.1, 0.15) is 0 Å². The molecule has 0 aliphatic heterocycles. The van der Waals surface area contributed by atoms with Gasteiger partial charge in [-0.15, -0.1) is 11.6 Å². The van der Waals surface area contributed by atoms with Crippen LogP contribution in [0.15, 0.2) is 24.3 Å². The minimum atomic E-state index is 0.124. The molecule has 0 bridgehead atoms. The first-order chi connectivity index (χ1) is 8.72. The van der Waals surface area contributed by atoms with Crippen molar-refractivity contribution < 1.29 is 9.84 Å².